The average molecular weight is 229 g/mol. The molecule has 2 aliphatic rings. The molecule has 0 unspecified atom stereocenters. The summed E-state index contributed by atoms with van der Waals surface area (Å²) < 4.78 is 0. The standard InChI is InChI=1S/C15H21N2/c1-16-7-9-17(10-8-16)12-13-5-6-14-3-2-4-15(14)11-13/h4-6,11H,2-3,7-10,12H2,1H3. The number of piperazine rings is 1. The summed E-state index contributed by atoms with van der Waals surface area (Å²) in [4.78, 5) is 4.98. The van der Waals surface area contributed by atoms with Crippen molar-refractivity contribution < 1.29 is 0 Å². The molecule has 0 amide bonds. The van der Waals surface area contributed by atoms with E-state index in [9.17, 15) is 0 Å². The van der Waals surface area contributed by atoms with Gasteiger partial charge in [0.15, 0.2) is 0 Å². The molecule has 3 rings (SSSR count). The molecule has 0 bridgehead atoms. The van der Waals surface area contributed by atoms with Crippen molar-refractivity contribution in [1.82, 2.24) is 9.80 Å². The Labute approximate surface area is 104 Å². The molecule has 0 spiro atoms. The third-order valence-electron chi connectivity index (χ3n) is 3.99. The van der Waals surface area contributed by atoms with E-state index >= 15 is 0 Å². The molecule has 91 valence electrons. The summed E-state index contributed by atoms with van der Waals surface area (Å²) in [5.74, 6) is 0. The van der Waals surface area contributed by atoms with E-state index in [1.807, 2.05) is 0 Å². The van der Waals surface area contributed by atoms with Crippen molar-refractivity contribution in [2.75, 3.05) is 33.2 Å². The molecule has 0 aromatic heterocycles. The highest BCUT2D eigenvalue weighted by Crippen LogP contribution is 2.25. The minimum atomic E-state index is 1.12. The summed E-state index contributed by atoms with van der Waals surface area (Å²) in [6.07, 6.45) is 4.85. The van der Waals surface area contributed by atoms with Crippen LogP contribution in [0.4, 0.5) is 0 Å². The molecule has 1 fully saturated rings. The Bertz CT molecular complexity index is 392. The van der Waals surface area contributed by atoms with Gasteiger partial charge in [-0.05, 0) is 43.0 Å². The van der Waals surface area contributed by atoms with Gasteiger partial charge in [0.05, 0.1) is 0 Å². The Kier molecular flexibility index (Phi) is 3.17. The highest BCUT2D eigenvalue weighted by molar-refractivity contribution is 5.40. The first-order chi connectivity index (χ1) is 8.31. The SMILES string of the molecule is CN1CCN(Cc2ccc3c(c2)[CH]CC3)CC1. The van der Waals surface area contributed by atoms with Gasteiger partial charge in [0.2, 0.25) is 0 Å². The van der Waals surface area contributed by atoms with Gasteiger partial charge < -0.3 is 4.90 Å². The van der Waals surface area contributed by atoms with Gasteiger partial charge in [-0.1, -0.05) is 18.2 Å². The molecule has 2 nitrogen and oxygen atoms in total. The topological polar surface area (TPSA) is 6.48 Å². The third kappa shape index (κ3) is 2.53. The lowest BCUT2D eigenvalue weighted by Crippen LogP contribution is -2.43. The number of nitrogens with zero attached hydrogens (tertiary/aromatic N) is 2. The summed E-state index contributed by atoms with van der Waals surface area (Å²) in [7, 11) is 2.21. The van der Waals surface area contributed by atoms with Gasteiger partial charge in [0, 0.05) is 32.7 Å². The molecule has 1 aliphatic carbocycles. The van der Waals surface area contributed by atoms with E-state index < -0.39 is 0 Å². The first kappa shape index (κ1) is 11.2. The van der Waals surface area contributed by atoms with Crippen LogP contribution in [0.2, 0.25) is 0 Å². The number of aryl methyl sites for hydroxylation is 1. The second-order valence-corrected chi connectivity index (χ2v) is 5.36. The van der Waals surface area contributed by atoms with Gasteiger partial charge in [0.25, 0.3) is 0 Å². The van der Waals surface area contributed by atoms with Crippen molar-refractivity contribution in [2.45, 2.75) is 19.4 Å². The smallest absolute Gasteiger partial charge is 0.0234 e. The van der Waals surface area contributed by atoms with Gasteiger partial charge >= 0.3 is 0 Å². The lowest BCUT2D eigenvalue weighted by atomic mass is 10.1. The zero-order valence-corrected chi connectivity index (χ0v) is 10.7. The van der Waals surface area contributed by atoms with Crippen molar-refractivity contribution in [3.05, 3.63) is 41.3 Å². The molecule has 1 saturated heterocycles. The highest BCUT2D eigenvalue weighted by Gasteiger charge is 2.15. The van der Waals surface area contributed by atoms with Crippen LogP contribution in [0.1, 0.15) is 23.1 Å². The number of hydrogen-bond acceptors (Lipinski definition) is 2. The first-order valence-electron chi connectivity index (χ1n) is 6.67. The predicted octanol–water partition coefficient (Wildman–Crippen LogP) is 1.93. The third-order valence-corrected chi connectivity index (χ3v) is 3.99. The van der Waals surface area contributed by atoms with Gasteiger partial charge in [-0.25, -0.2) is 0 Å². The van der Waals surface area contributed by atoms with Crippen molar-refractivity contribution >= 4 is 0 Å². The Hall–Kier alpha value is -0.860. The van der Waals surface area contributed by atoms with Crippen LogP contribution in [0.15, 0.2) is 18.2 Å². The number of rotatable bonds is 2. The molecule has 2 heteroatoms. The highest BCUT2D eigenvalue weighted by atomic mass is 15.2. The van der Waals surface area contributed by atoms with Crippen LogP contribution >= 0.6 is 0 Å². The molecule has 1 heterocycles. The lowest BCUT2D eigenvalue weighted by molar-refractivity contribution is 0.148. The molecular weight excluding hydrogens is 208 g/mol. The summed E-state index contributed by atoms with van der Waals surface area (Å²) in [5, 5.41) is 0. The maximum absolute atomic E-state index is 2.57. The molecule has 1 aliphatic heterocycles. The number of likely N-dealkylation sites (N-methyl/N-ethyl adjacent to an activating group) is 1. The van der Waals surface area contributed by atoms with Gasteiger partial charge in [-0.3, -0.25) is 4.90 Å². The van der Waals surface area contributed by atoms with Gasteiger partial charge in [-0.15, -0.1) is 0 Å². The fourth-order valence-electron chi connectivity index (χ4n) is 2.81. The summed E-state index contributed by atoms with van der Waals surface area (Å²) in [5.41, 5.74) is 4.50. The Morgan fingerprint density at radius 2 is 1.94 bits per heavy atom. The molecule has 0 atom stereocenters. The second kappa shape index (κ2) is 4.79. The van der Waals surface area contributed by atoms with Crippen LogP contribution in [-0.4, -0.2) is 43.0 Å². The normalized spacial score (nSPS) is 21.7. The molecule has 17 heavy (non-hydrogen) atoms. The molecular formula is C15H21N2. The van der Waals surface area contributed by atoms with E-state index in [2.05, 4.69) is 41.5 Å². The Balaban J connectivity index is 1.65. The summed E-state index contributed by atoms with van der Waals surface area (Å²) >= 11 is 0. The minimum Gasteiger partial charge on any atom is -0.304 e. The van der Waals surface area contributed by atoms with E-state index in [0.29, 0.717) is 0 Å². The fourth-order valence-corrected chi connectivity index (χ4v) is 2.81. The van der Waals surface area contributed by atoms with E-state index in [1.165, 1.54) is 55.7 Å². The van der Waals surface area contributed by atoms with Crippen LogP contribution in [-0.2, 0) is 13.0 Å². The quantitative estimate of drug-likeness (QED) is 0.764. The maximum Gasteiger partial charge on any atom is 0.0234 e. The number of fused-ring (bicyclic) bond motifs is 1. The van der Waals surface area contributed by atoms with Crippen molar-refractivity contribution in [1.29, 1.82) is 0 Å². The minimum absolute atomic E-state index is 1.12. The van der Waals surface area contributed by atoms with Crippen molar-refractivity contribution in [3.63, 3.8) is 0 Å². The Morgan fingerprint density at radius 1 is 1.12 bits per heavy atom. The molecule has 1 aromatic rings. The monoisotopic (exact) mass is 229 g/mol. The van der Waals surface area contributed by atoms with E-state index in [1.54, 1.807) is 0 Å². The molecule has 1 aromatic carbocycles. The number of benzene rings is 1. The van der Waals surface area contributed by atoms with Crippen LogP contribution < -0.4 is 0 Å². The number of hydrogen-bond donors (Lipinski definition) is 0. The fraction of sp³-hybridized carbons (Fsp3) is 0.533. The first-order valence-corrected chi connectivity index (χ1v) is 6.67. The largest absolute Gasteiger partial charge is 0.304 e. The lowest BCUT2D eigenvalue weighted by Gasteiger charge is -2.32. The average Bonchev–Trinajstić information content (AvgIpc) is 2.79. The Morgan fingerprint density at radius 3 is 2.76 bits per heavy atom. The van der Waals surface area contributed by atoms with Crippen LogP contribution in [0.25, 0.3) is 0 Å². The van der Waals surface area contributed by atoms with Crippen molar-refractivity contribution in [2.24, 2.45) is 0 Å². The van der Waals surface area contributed by atoms with Gasteiger partial charge in [0.1, 0.15) is 0 Å². The van der Waals surface area contributed by atoms with Crippen LogP contribution in [0.5, 0.6) is 0 Å². The van der Waals surface area contributed by atoms with E-state index in [0.717, 1.165) is 6.54 Å². The zero-order valence-electron chi connectivity index (χ0n) is 10.7. The van der Waals surface area contributed by atoms with Crippen LogP contribution in [0, 0.1) is 6.42 Å². The molecule has 0 N–H and O–H groups in total. The molecule has 0 saturated carbocycles. The predicted molar refractivity (Wildman–Crippen MR) is 70.9 cm³/mol. The van der Waals surface area contributed by atoms with E-state index in [4.69, 9.17) is 0 Å². The molecule has 1 radical (unpaired) electrons. The zero-order chi connectivity index (χ0) is 11.7. The van der Waals surface area contributed by atoms with Crippen molar-refractivity contribution in [3.8, 4) is 0 Å². The second-order valence-electron chi connectivity index (χ2n) is 5.36. The summed E-state index contributed by atoms with van der Waals surface area (Å²) in [6.45, 7) is 5.94. The van der Waals surface area contributed by atoms with Gasteiger partial charge in [-0.2, -0.15) is 0 Å². The summed E-state index contributed by atoms with van der Waals surface area (Å²) in [6, 6.07) is 7.03. The van der Waals surface area contributed by atoms with E-state index in [-0.39, 0.29) is 0 Å². The van der Waals surface area contributed by atoms with Crippen LogP contribution in [0.3, 0.4) is 0 Å². The maximum atomic E-state index is 2.57.